The van der Waals surface area contributed by atoms with Crippen molar-refractivity contribution in [3.63, 3.8) is 0 Å². The molecule has 0 saturated heterocycles. The van der Waals surface area contributed by atoms with Crippen molar-refractivity contribution in [1.82, 2.24) is 0 Å². The van der Waals surface area contributed by atoms with Gasteiger partial charge in [0.25, 0.3) is 0 Å². The molecular formula is C14H11NO2. The number of nitrogens with two attached hydrogens (primary N) is 1. The molecule has 0 bridgehead atoms. The summed E-state index contributed by atoms with van der Waals surface area (Å²) in [6, 6.07) is 9.04. The maximum Gasteiger partial charge on any atom is 0.189 e. The Bertz CT molecular complexity index is 609. The van der Waals surface area contributed by atoms with Crippen LogP contribution in [0.2, 0.25) is 0 Å². The molecule has 0 atom stereocenters. The minimum atomic E-state index is 0.0661. The zero-order chi connectivity index (χ0) is 11.8. The van der Waals surface area contributed by atoms with Crippen molar-refractivity contribution >= 4 is 17.5 Å². The predicted octanol–water partition coefficient (Wildman–Crippen LogP) is 2.68. The molecule has 0 radical (unpaired) electrons. The highest BCUT2D eigenvalue weighted by Gasteiger charge is 2.24. The van der Waals surface area contributed by atoms with E-state index in [-0.39, 0.29) is 5.78 Å². The summed E-state index contributed by atoms with van der Waals surface area (Å²) in [5.41, 5.74) is 8.89. The summed E-state index contributed by atoms with van der Waals surface area (Å²) in [7, 11) is 0. The van der Waals surface area contributed by atoms with Crippen molar-refractivity contribution < 1.29 is 9.21 Å². The van der Waals surface area contributed by atoms with Crippen molar-refractivity contribution in [3.05, 3.63) is 59.1 Å². The Morgan fingerprint density at radius 1 is 1.29 bits per heavy atom. The van der Waals surface area contributed by atoms with Crippen LogP contribution in [0.5, 0.6) is 0 Å². The van der Waals surface area contributed by atoms with E-state index in [1.165, 1.54) is 0 Å². The van der Waals surface area contributed by atoms with Gasteiger partial charge in [-0.3, -0.25) is 4.79 Å². The van der Waals surface area contributed by atoms with Crippen LogP contribution in [0.1, 0.15) is 21.7 Å². The largest absolute Gasteiger partial charge is 0.465 e. The van der Waals surface area contributed by atoms with Crippen molar-refractivity contribution in [2.75, 3.05) is 5.73 Å². The van der Waals surface area contributed by atoms with Crippen LogP contribution in [0.25, 0.3) is 6.08 Å². The van der Waals surface area contributed by atoms with Crippen LogP contribution in [0, 0.1) is 0 Å². The molecule has 0 fully saturated rings. The molecule has 0 amide bonds. The molecule has 0 unspecified atom stereocenters. The van der Waals surface area contributed by atoms with Gasteiger partial charge in [0.2, 0.25) is 0 Å². The highest BCUT2D eigenvalue weighted by molar-refractivity contribution is 6.15. The quantitative estimate of drug-likeness (QED) is 0.599. The molecule has 1 aromatic heterocycles. The number of allylic oxidation sites excluding steroid dienone is 1. The van der Waals surface area contributed by atoms with Crippen LogP contribution >= 0.6 is 0 Å². The summed E-state index contributed by atoms with van der Waals surface area (Å²) < 4.78 is 5.21. The molecule has 1 heterocycles. The van der Waals surface area contributed by atoms with E-state index in [9.17, 15) is 4.79 Å². The topological polar surface area (TPSA) is 56.2 Å². The third-order valence-corrected chi connectivity index (χ3v) is 2.91. The molecule has 3 heteroatoms. The molecule has 0 saturated carbocycles. The smallest absolute Gasteiger partial charge is 0.189 e. The number of Topliss-reactive ketones (excluding diaryl/α,β-unsaturated/α-hetero) is 1. The van der Waals surface area contributed by atoms with E-state index in [4.69, 9.17) is 10.2 Å². The van der Waals surface area contributed by atoms with Crippen molar-refractivity contribution in [1.29, 1.82) is 0 Å². The first-order chi connectivity index (χ1) is 8.24. The van der Waals surface area contributed by atoms with Gasteiger partial charge in [-0.15, -0.1) is 0 Å². The first kappa shape index (κ1) is 9.90. The average Bonchev–Trinajstić information content (AvgIpc) is 2.89. The van der Waals surface area contributed by atoms with E-state index in [0.717, 1.165) is 16.7 Å². The number of carbonyl (C=O) groups excluding carboxylic acids is 1. The third kappa shape index (κ3) is 1.65. The molecule has 0 spiro atoms. The summed E-state index contributed by atoms with van der Waals surface area (Å²) >= 11 is 0. The molecule has 2 aromatic rings. The molecule has 1 aliphatic carbocycles. The first-order valence-corrected chi connectivity index (χ1v) is 5.41. The number of benzene rings is 1. The highest BCUT2D eigenvalue weighted by atomic mass is 16.3. The molecule has 1 aliphatic rings. The molecule has 0 aliphatic heterocycles. The van der Waals surface area contributed by atoms with Gasteiger partial charge in [-0.2, -0.15) is 0 Å². The number of carbonyl (C=O) groups is 1. The fraction of sp³-hybridized carbons (Fsp3) is 0.0714. The van der Waals surface area contributed by atoms with Crippen LogP contribution in [-0.4, -0.2) is 5.78 Å². The summed E-state index contributed by atoms with van der Waals surface area (Å²) in [4.78, 5) is 12.1. The van der Waals surface area contributed by atoms with E-state index in [1.54, 1.807) is 30.5 Å². The van der Waals surface area contributed by atoms with Gasteiger partial charge in [-0.05, 0) is 42.0 Å². The second-order valence-corrected chi connectivity index (χ2v) is 4.11. The third-order valence-electron chi connectivity index (χ3n) is 2.91. The number of furan rings is 1. The molecule has 3 nitrogen and oxygen atoms in total. The zero-order valence-corrected chi connectivity index (χ0v) is 9.14. The minimum absolute atomic E-state index is 0.0661. The van der Waals surface area contributed by atoms with Crippen LogP contribution in [0.3, 0.4) is 0 Å². The number of rotatable bonds is 1. The normalized spacial score (nSPS) is 16.5. The van der Waals surface area contributed by atoms with Crippen molar-refractivity contribution in [2.45, 2.75) is 6.42 Å². The Hall–Kier alpha value is -2.29. The van der Waals surface area contributed by atoms with E-state index in [0.29, 0.717) is 17.9 Å². The lowest BCUT2D eigenvalue weighted by Crippen LogP contribution is -1.95. The molecule has 17 heavy (non-hydrogen) atoms. The van der Waals surface area contributed by atoms with E-state index < -0.39 is 0 Å². The van der Waals surface area contributed by atoms with Crippen LogP contribution in [-0.2, 0) is 6.42 Å². The Balaban J connectivity index is 2.02. The standard InChI is InChI=1S/C14H11NO2/c15-11-3-4-13-9(7-11)6-10(14(13)16)8-12-2-1-5-17-12/h1-5,7-8H,6,15H2/b10-8+. The highest BCUT2D eigenvalue weighted by Crippen LogP contribution is 2.29. The van der Waals surface area contributed by atoms with Gasteiger partial charge in [-0.1, -0.05) is 0 Å². The number of ketones is 1. The van der Waals surface area contributed by atoms with Gasteiger partial charge in [0.1, 0.15) is 5.76 Å². The van der Waals surface area contributed by atoms with E-state index in [2.05, 4.69) is 0 Å². The summed E-state index contributed by atoms with van der Waals surface area (Å²) in [5, 5.41) is 0. The van der Waals surface area contributed by atoms with E-state index in [1.807, 2.05) is 12.1 Å². The number of fused-ring (bicyclic) bond motifs is 1. The van der Waals surface area contributed by atoms with Gasteiger partial charge >= 0.3 is 0 Å². The monoisotopic (exact) mass is 225 g/mol. The number of hydrogen-bond donors (Lipinski definition) is 1. The minimum Gasteiger partial charge on any atom is -0.465 e. The Kier molecular flexibility index (Phi) is 2.11. The maximum atomic E-state index is 12.1. The van der Waals surface area contributed by atoms with Crippen LogP contribution in [0.4, 0.5) is 5.69 Å². The maximum absolute atomic E-state index is 12.1. The van der Waals surface area contributed by atoms with Crippen LogP contribution < -0.4 is 5.73 Å². The summed E-state index contributed by atoms with van der Waals surface area (Å²) in [6.07, 6.45) is 4.01. The molecule has 2 N–H and O–H groups in total. The number of anilines is 1. The van der Waals surface area contributed by atoms with Crippen molar-refractivity contribution in [3.8, 4) is 0 Å². The second-order valence-electron chi connectivity index (χ2n) is 4.11. The molecular weight excluding hydrogens is 214 g/mol. The summed E-state index contributed by atoms with van der Waals surface area (Å²) in [5.74, 6) is 0.769. The van der Waals surface area contributed by atoms with Gasteiger partial charge in [0.05, 0.1) is 6.26 Å². The molecule has 3 rings (SSSR count). The van der Waals surface area contributed by atoms with Gasteiger partial charge in [-0.25, -0.2) is 0 Å². The molecule has 84 valence electrons. The van der Waals surface area contributed by atoms with Gasteiger partial charge in [0, 0.05) is 23.2 Å². The van der Waals surface area contributed by atoms with Gasteiger partial charge < -0.3 is 10.2 Å². The average molecular weight is 225 g/mol. The van der Waals surface area contributed by atoms with Crippen LogP contribution in [0.15, 0.2) is 46.6 Å². The van der Waals surface area contributed by atoms with Gasteiger partial charge in [0.15, 0.2) is 5.78 Å². The second kappa shape index (κ2) is 3.63. The fourth-order valence-electron chi connectivity index (χ4n) is 2.10. The SMILES string of the molecule is Nc1ccc2c(c1)C/C(=C\c1ccco1)C2=O. The first-order valence-electron chi connectivity index (χ1n) is 5.41. The number of hydrogen-bond acceptors (Lipinski definition) is 3. The van der Waals surface area contributed by atoms with Crippen molar-refractivity contribution in [2.24, 2.45) is 0 Å². The lowest BCUT2D eigenvalue weighted by Gasteiger charge is -1.96. The Labute approximate surface area is 98.5 Å². The Morgan fingerprint density at radius 3 is 2.94 bits per heavy atom. The zero-order valence-electron chi connectivity index (χ0n) is 9.14. The predicted molar refractivity (Wildman–Crippen MR) is 65.6 cm³/mol. The molecule has 1 aromatic carbocycles. The lowest BCUT2D eigenvalue weighted by atomic mass is 10.1. The summed E-state index contributed by atoms with van der Waals surface area (Å²) in [6.45, 7) is 0. The Morgan fingerprint density at radius 2 is 2.18 bits per heavy atom. The number of nitrogen functional groups attached to an aromatic ring is 1. The fourth-order valence-corrected chi connectivity index (χ4v) is 2.10. The van der Waals surface area contributed by atoms with E-state index >= 15 is 0 Å². The lowest BCUT2D eigenvalue weighted by molar-refractivity contribution is 0.104.